The summed E-state index contributed by atoms with van der Waals surface area (Å²) in [6, 6.07) is 5.60. The Morgan fingerprint density at radius 2 is 1.81 bits per heavy atom. The van der Waals surface area contributed by atoms with Crippen LogP contribution in [0.25, 0.3) is 0 Å². The Morgan fingerprint density at radius 3 is 2.31 bits per heavy atom. The number of hydrogen-bond donors (Lipinski definition) is 2. The van der Waals surface area contributed by atoms with Gasteiger partial charge in [0.1, 0.15) is 0 Å². The highest BCUT2D eigenvalue weighted by Crippen LogP contribution is 2.20. The van der Waals surface area contributed by atoms with Crippen molar-refractivity contribution in [3.63, 3.8) is 0 Å². The summed E-state index contributed by atoms with van der Waals surface area (Å²) in [6.45, 7) is 3.60. The standard InChI is InChI=1S/C11H17NO3S/c1-9-5-3-6-10(2)11(9)12-16(14,15)8-4-7-13/h3,5-6,12-13H,4,7-8H2,1-2H3. The second kappa shape index (κ2) is 5.32. The smallest absolute Gasteiger partial charge is 0.232 e. The molecule has 0 atom stereocenters. The molecule has 0 aliphatic heterocycles. The molecule has 90 valence electrons. The van der Waals surface area contributed by atoms with Gasteiger partial charge in [-0.3, -0.25) is 4.72 Å². The number of sulfonamides is 1. The fourth-order valence-electron chi connectivity index (χ4n) is 1.44. The van der Waals surface area contributed by atoms with Gasteiger partial charge < -0.3 is 5.11 Å². The molecule has 0 amide bonds. The highest BCUT2D eigenvalue weighted by Gasteiger charge is 2.12. The molecule has 0 aliphatic carbocycles. The van der Waals surface area contributed by atoms with Crippen molar-refractivity contribution in [2.75, 3.05) is 17.1 Å². The second-order valence-electron chi connectivity index (χ2n) is 3.76. The first-order valence-corrected chi connectivity index (χ1v) is 6.79. The number of aryl methyl sites for hydroxylation is 2. The summed E-state index contributed by atoms with van der Waals surface area (Å²) >= 11 is 0. The largest absolute Gasteiger partial charge is 0.396 e. The third-order valence-electron chi connectivity index (χ3n) is 2.31. The molecule has 1 aromatic carbocycles. The highest BCUT2D eigenvalue weighted by atomic mass is 32.2. The molecule has 0 spiro atoms. The molecule has 0 aliphatic rings. The van der Waals surface area contributed by atoms with Crippen molar-refractivity contribution < 1.29 is 13.5 Å². The Bertz CT molecular complexity index is 434. The molecule has 5 heteroatoms. The number of para-hydroxylation sites is 1. The minimum Gasteiger partial charge on any atom is -0.396 e. The fraction of sp³-hybridized carbons (Fsp3) is 0.455. The van der Waals surface area contributed by atoms with Gasteiger partial charge in [0.2, 0.25) is 10.0 Å². The maximum atomic E-state index is 11.6. The van der Waals surface area contributed by atoms with Crippen molar-refractivity contribution in [1.29, 1.82) is 0 Å². The Morgan fingerprint density at radius 1 is 1.25 bits per heavy atom. The quantitative estimate of drug-likeness (QED) is 0.822. The van der Waals surface area contributed by atoms with Crippen LogP contribution >= 0.6 is 0 Å². The van der Waals surface area contributed by atoms with E-state index in [4.69, 9.17) is 5.11 Å². The van der Waals surface area contributed by atoms with Crippen molar-refractivity contribution in [2.45, 2.75) is 20.3 Å². The molecule has 1 aromatic rings. The lowest BCUT2D eigenvalue weighted by Crippen LogP contribution is -2.18. The number of rotatable bonds is 5. The number of aliphatic hydroxyl groups is 1. The summed E-state index contributed by atoms with van der Waals surface area (Å²) in [5.74, 6) is -0.0583. The van der Waals surface area contributed by atoms with E-state index >= 15 is 0 Å². The van der Waals surface area contributed by atoms with Crippen LogP contribution < -0.4 is 4.72 Å². The zero-order valence-corrected chi connectivity index (χ0v) is 10.3. The molecule has 0 unspecified atom stereocenters. The van der Waals surface area contributed by atoms with Gasteiger partial charge in [0.05, 0.1) is 11.4 Å². The second-order valence-corrected chi connectivity index (χ2v) is 5.61. The molecular formula is C11H17NO3S. The molecule has 16 heavy (non-hydrogen) atoms. The summed E-state index contributed by atoms with van der Waals surface area (Å²) in [5.41, 5.74) is 2.43. The van der Waals surface area contributed by atoms with Crippen molar-refractivity contribution in [3.8, 4) is 0 Å². The van der Waals surface area contributed by atoms with E-state index in [0.717, 1.165) is 11.1 Å². The van der Waals surface area contributed by atoms with E-state index in [2.05, 4.69) is 4.72 Å². The van der Waals surface area contributed by atoms with Gasteiger partial charge in [0, 0.05) is 6.61 Å². The zero-order chi connectivity index (χ0) is 12.2. The maximum absolute atomic E-state index is 11.6. The number of hydrogen-bond acceptors (Lipinski definition) is 3. The zero-order valence-electron chi connectivity index (χ0n) is 9.53. The van der Waals surface area contributed by atoms with E-state index < -0.39 is 10.0 Å². The summed E-state index contributed by atoms with van der Waals surface area (Å²) in [7, 11) is -3.35. The molecule has 0 bridgehead atoms. The van der Waals surface area contributed by atoms with Crippen LogP contribution in [-0.4, -0.2) is 25.9 Å². The topological polar surface area (TPSA) is 66.4 Å². The third-order valence-corrected chi connectivity index (χ3v) is 3.65. The summed E-state index contributed by atoms with van der Waals surface area (Å²) < 4.78 is 25.8. The molecule has 0 aromatic heterocycles. The summed E-state index contributed by atoms with van der Waals surface area (Å²) in [6.07, 6.45) is 0.250. The number of anilines is 1. The van der Waals surface area contributed by atoms with Gasteiger partial charge >= 0.3 is 0 Å². The van der Waals surface area contributed by atoms with Crippen LogP contribution in [0.4, 0.5) is 5.69 Å². The van der Waals surface area contributed by atoms with E-state index in [1.54, 1.807) is 0 Å². The van der Waals surface area contributed by atoms with Crippen molar-refractivity contribution in [2.24, 2.45) is 0 Å². The van der Waals surface area contributed by atoms with Gasteiger partial charge in [0.15, 0.2) is 0 Å². The highest BCUT2D eigenvalue weighted by molar-refractivity contribution is 7.92. The molecule has 0 radical (unpaired) electrons. The van der Waals surface area contributed by atoms with Gasteiger partial charge in [-0.1, -0.05) is 18.2 Å². The third kappa shape index (κ3) is 3.50. The van der Waals surface area contributed by atoms with Crippen LogP contribution in [0.3, 0.4) is 0 Å². The fourth-order valence-corrected chi connectivity index (χ4v) is 2.68. The van der Waals surface area contributed by atoms with Gasteiger partial charge in [-0.25, -0.2) is 8.42 Å². The molecule has 4 nitrogen and oxygen atoms in total. The monoisotopic (exact) mass is 243 g/mol. The SMILES string of the molecule is Cc1cccc(C)c1NS(=O)(=O)CCCO. The Balaban J connectivity index is 2.88. The van der Waals surface area contributed by atoms with Gasteiger partial charge in [-0.2, -0.15) is 0 Å². The number of nitrogens with one attached hydrogen (secondary N) is 1. The van der Waals surface area contributed by atoms with E-state index in [0.29, 0.717) is 5.69 Å². The van der Waals surface area contributed by atoms with E-state index in [9.17, 15) is 8.42 Å². The lowest BCUT2D eigenvalue weighted by molar-refractivity contribution is 0.295. The van der Waals surface area contributed by atoms with Crippen LogP contribution in [0.15, 0.2) is 18.2 Å². The average molecular weight is 243 g/mol. The molecule has 0 saturated heterocycles. The Hall–Kier alpha value is -1.07. The number of aliphatic hydroxyl groups excluding tert-OH is 1. The molecule has 0 fully saturated rings. The molecule has 0 heterocycles. The van der Waals surface area contributed by atoms with Crippen LogP contribution in [-0.2, 0) is 10.0 Å². The number of benzene rings is 1. The molecule has 1 rings (SSSR count). The van der Waals surface area contributed by atoms with Crippen LogP contribution in [0.5, 0.6) is 0 Å². The average Bonchev–Trinajstić information content (AvgIpc) is 2.21. The molecule has 2 N–H and O–H groups in total. The lowest BCUT2D eigenvalue weighted by atomic mass is 10.1. The minimum atomic E-state index is -3.35. The van der Waals surface area contributed by atoms with Crippen molar-refractivity contribution in [3.05, 3.63) is 29.3 Å². The predicted molar refractivity (Wildman–Crippen MR) is 65.0 cm³/mol. The van der Waals surface area contributed by atoms with Crippen LogP contribution in [0, 0.1) is 13.8 Å². The first kappa shape index (κ1) is 13.0. The minimum absolute atomic E-state index is 0.0583. The first-order chi connectivity index (χ1) is 7.46. The van der Waals surface area contributed by atoms with Gasteiger partial charge in [-0.15, -0.1) is 0 Å². The maximum Gasteiger partial charge on any atom is 0.232 e. The first-order valence-electron chi connectivity index (χ1n) is 5.14. The van der Waals surface area contributed by atoms with E-state index in [1.165, 1.54) is 0 Å². The van der Waals surface area contributed by atoms with Gasteiger partial charge in [0.25, 0.3) is 0 Å². The van der Waals surface area contributed by atoms with Gasteiger partial charge in [-0.05, 0) is 31.4 Å². The normalized spacial score (nSPS) is 11.4. The predicted octanol–water partition coefficient (Wildman–Crippen LogP) is 1.43. The lowest BCUT2D eigenvalue weighted by Gasteiger charge is -2.12. The molecular weight excluding hydrogens is 226 g/mol. The van der Waals surface area contributed by atoms with Crippen LogP contribution in [0.1, 0.15) is 17.5 Å². The summed E-state index contributed by atoms with van der Waals surface area (Å²) in [4.78, 5) is 0. The van der Waals surface area contributed by atoms with Crippen LogP contribution in [0.2, 0.25) is 0 Å². The molecule has 0 saturated carbocycles. The van der Waals surface area contributed by atoms with Crippen molar-refractivity contribution >= 4 is 15.7 Å². The van der Waals surface area contributed by atoms with E-state index in [-0.39, 0.29) is 18.8 Å². The Labute approximate surface area is 96.4 Å². The Kier molecular flexibility index (Phi) is 4.32. The van der Waals surface area contributed by atoms with E-state index in [1.807, 2.05) is 32.0 Å². The van der Waals surface area contributed by atoms with Crippen molar-refractivity contribution in [1.82, 2.24) is 0 Å². The summed E-state index contributed by atoms with van der Waals surface area (Å²) in [5, 5.41) is 8.61.